The number of hydrogen-bond donors (Lipinski definition) is 1. The van der Waals surface area contributed by atoms with Crippen molar-refractivity contribution < 1.29 is 9.76 Å². The molecule has 0 fully saturated rings. The first-order valence-corrected chi connectivity index (χ1v) is 15.0. The highest BCUT2D eigenvalue weighted by Crippen LogP contribution is 2.45. The summed E-state index contributed by atoms with van der Waals surface area (Å²) in [6.07, 6.45) is 6.70. The average molecular weight is 557 g/mol. The predicted octanol–water partition coefficient (Wildman–Crippen LogP) is 8.81. The van der Waals surface area contributed by atoms with Crippen LogP contribution in [0.2, 0.25) is 0 Å². The van der Waals surface area contributed by atoms with Crippen molar-refractivity contribution >= 4 is 57.5 Å². The van der Waals surface area contributed by atoms with E-state index in [9.17, 15) is 5.11 Å². The van der Waals surface area contributed by atoms with Gasteiger partial charge in [0.2, 0.25) is 0 Å². The molecule has 0 aliphatic heterocycles. The standard InChI is InChI=1S/C36H35BNO2S/c1-35(2,39)36(3,4)40-37-27-19-23-29(24-20-27)38(28-21-17-26(18-22-28)25-11-6-5-7-12-25)31-14-10-16-33-34(31)30-13-8-9-15-32(30)41-33/h5-7,9-12,14-24,39H,8,13H2,1-4H3. The Balaban J connectivity index is 1.41. The van der Waals surface area contributed by atoms with Crippen molar-refractivity contribution in [2.24, 2.45) is 0 Å². The van der Waals surface area contributed by atoms with Gasteiger partial charge in [-0.25, -0.2) is 0 Å². The lowest BCUT2D eigenvalue weighted by molar-refractivity contribution is -0.0893. The summed E-state index contributed by atoms with van der Waals surface area (Å²) >= 11 is 1.88. The number of aryl methyl sites for hydroxylation is 1. The fourth-order valence-electron chi connectivity index (χ4n) is 5.12. The lowest BCUT2D eigenvalue weighted by atomic mass is 9.82. The van der Waals surface area contributed by atoms with Crippen LogP contribution in [0.25, 0.3) is 27.3 Å². The summed E-state index contributed by atoms with van der Waals surface area (Å²) in [6.45, 7) is 7.33. The molecule has 205 valence electrons. The summed E-state index contributed by atoms with van der Waals surface area (Å²) in [7, 11) is 1.74. The number of allylic oxidation sites excluding steroid dienone is 1. The lowest BCUT2D eigenvalue weighted by Gasteiger charge is -2.37. The Hall–Kier alpha value is -3.64. The van der Waals surface area contributed by atoms with Gasteiger partial charge in [-0.05, 0) is 99.7 Å². The smallest absolute Gasteiger partial charge is 0.330 e. The van der Waals surface area contributed by atoms with Crippen LogP contribution in [0.5, 0.6) is 0 Å². The highest BCUT2D eigenvalue weighted by Gasteiger charge is 2.35. The van der Waals surface area contributed by atoms with Gasteiger partial charge in [-0.3, -0.25) is 0 Å². The SMILES string of the molecule is CC(C)(O)C(C)(C)O[B]c1ccc(N(c2ccc(-c3ccccc3)cc2)c2cccc3sc4c(c23)CCC=C4)cc1. The van der Waals surface area contributed by atoms with Crippen molar-refractivity contribution in [1.82, 2.24) is 0 Å². The summed E-state index contributed by atoms with van der Waals surface area (Å²) in [4.78, 5) is 3.74. The second-order valence-electron chi connectivity index (χ2n) is 11.7. The zero-order valence-electron chi connectivity index (χ0n) is 24.1. The summed E-state index contributed by atoms with van der Waals surface area (Å²) in [6, 6.07) is 34.5. The van der Waals surface area contributed by atoms with Crippen molar-refractivity contribution in [3.05, 3.63) is 114 Å². The van der Waals surface area contributed by atoms with Gasteiger partial charge >= 0.3 is 7.48 Å². The molecule has 0 bridgehead atoms. The van der Waals surface area contributed by atoms with Crippen LogP contribution in [0.15, 0.2) is 103 Å². The van der Waals surface area contributed by atoms with E-state index in [0.717, 1.165) is 29.7 Å². The van der Waals surface area contributed by atoms with E-state index in [2.05, 4.69) is 114 Å². The molecule has 1 N–H and O–H groups in total. The Kier molecular flexibility index (Phi) is 7.37. The number of benzene rings is 4. The monoisotopic (exact) mass is 556 g/mol. The molecule has 0 unspecified atom stereocenters. The molecule has 4 aromatic carbocycles. The van der Waals surface area contributed by atoms with E-state index in [0.29, 0.717) is 0 Å². The second-order valence-corrected chi connectivity index (χ2v) is 12.8. The predicted molar refractivity (Wildman–Crippen MR) is 176 cm³/mol. The minimum atomic E-state index is -0.973. The van der Waals surface area contributed by atoms with Gasteiger partial charge in [0.05, 0.1) is 16.9 Å². The Morgan fingerprint density at radius 2 is 1.44 bits per heavy atom. The van der Waals surface area contributed by atoms with Gasteiger partial charge in [0, 0.05) is 26.3 Å². The fraction of sp³-hybridized carbons (Fsp3) is 0.222. The molecule has 3 nitrogen and oxygen atoms in total. The van der Waals surface area contributed by atoms with Gasteiger partial charge < -0.3 is 14.7 Å². The number of aliphatic hydroxyl groups is 1. The quantitative estimate of drug-likeness (QED) is 0.194. The summed E-state index contributed by atoms with van der Waals surface area (Å²) < 4.78 is 7.34. The number of thiophene rings is 1. The van der Waals surface area contributed by atoms with Crippen molar-refractivity contribution in [2.75, 3.05) is 4.90 Å². The van der Waals surface area contributed by atoms with E-state index in [1.807, 2.05) is 25.2 Å². The molecular weight excluding hydrogens is 521 g/mol. The second kappa shape index (κ2) is 11.0. The molecule has 0 amide bonds. The van der Waals surface area contributed by atoms with E-state index in [4.69, 9.17) is 4.65 Å². The molecule has 5 heteroatoms. The van der Waals surface area contributed by atoms with Crippen molar-refractivity contribution in [3.63, 3.8) is 0 Å². The number of anilines is 3. The van der Waals surface area contributed by atoms with Crippen LogP contribution in [0.3, 0.4) is 0 Å². The maximum atomic E-state index is 10.5. The van der Waals surface area contributed by atoms with Crippen LogP contribution >= 0.6 is 11.3 Å². The van der Waals surface area contributed by atoms with Gasteiger partial charge in [-0.1, -0.05) is 72.2 Å². The van der Waals surface area contributed by atoms with Gasteiger partial charge in [0.1, 0.15) is 0 Å². The highest BCUT2D eigenvalue weighted by molar-refractivity contribution is 7.20. The van der Waals surface area contributed by atoms with Crippen LogP contribution in [-0.2, 0) is 11.1 Å². The molecule has 1 aromatic heterocycles. The van der Waals surface area contributed by atoms with E-state index in [-0.39, 0.29) is 0 Å². The highest BCUT2D eigenvalue weighted by atomic mass is 32.1. The molecular formula is C36H35BNO2S. The van der Waals surface area contributed by atoms with E-state index < -0.39 is 11.2 Å². The van der Waals surface area contributed by atoms with E-state index >= 15 is 0 Å². The summed E-state index contributed by atoms with van der Waals surface area (Å²) in [5, 5.41) is 11.8. The zero-order valence-corrected chi connectivity index (χ0v) is 24.9. The lowest BCUT2D eigenvalue weighted by Crippen LogP contribution is -2.49. The minimum absolute atomic E-state index is 0.722. The summed E-state index contributed by atoms with van der Waals surface area (Å²) in [5.41, 5.74) is 6.49. The van der Waals surface area contributed by atoms with E-state index in [1.54, 1.807) is 21.3 Å². The first-order valence-electron chi connectivity index (χ1n) is 14.2. The number of hydrogen-bond acceptors (Lipinski definition) is 4. The van der Waals surface area contributed by atoms with Crippen LogP contribution in [0, 0.1) is 0 Å². The van der Waals surface area contributed by atoms with Gasteiger partial charge in [-0.2, -0.15) is 0 Å². The first-order chi connectivity index (χ1) is 19.7. The number of nitrogens with zero attached hydrogens (tertiary/aromatic N) is 1. The normalized spacial score (nSPS) is 13.3. The topological polar surface area (TPSA) is 32.7 Å². The Morgan fingerprint density at radius 3 is 2.12 bits per heavy atom. The van der Waals surface area contributed by atoms with Crippen LogP contribution in [0.4, 0.5) is 17.1 Å². The van der Waals surface area contributed by atoms with Gasteiger partial charge in [-0.15, -0.1) is 11.3 Å². The molecule has 0 saturated heterocycles. The van der Waals surface area contributed by atoms with Crippen LogP contribution in [0.1, 0.15) is 44.6 Å². The molecule has 1 radical (unpaired) electrons. The molecule has 1 aliphatic carbocycles. The zero-order chi connectivity index (χ0) is 28.6. The maximum Gasteiger partial charge on any atom is 0.330 e. The minimum Gasteiger partial charge on any atom is -0.427 e. The molecule has 5 aromatic rings. The van der Waals surface area contributed by atoms with Crippen LogP contribution < -0.4 is 10.4 Å². The molecule has 0 spiro atoms. The molecule has 0 atom stereocenters. The van der Waals surface area contributed by atoms with Crippen molar-refractivity contribution in [1.29, 1.82) is 0 Å². The maximum absolute atomic E-state index is 10.5. The number of fused-ring (bicyclic) bond motifs is 3. The Morgan fingerprint density at radius 1 is 0.780 bits per heavy atom. The molecule has 1 aliphatic rings. The Bertz CT molecular complexity index is 1680. The number of rotatable bonds is 8. The third-order valence-corrected chi connectivity index (χ3v) is 9.40. The Labute approximate surface area is 248 Å². The fourth-order valence-corrected chi connectivity index (χ4v) is 6.33. The molecule has 1 heterocycles. The molecule has 6 rings (SSSR count). The van der Waals surface area contributed by atoms with Gasteiger partial charge in [0.15, 0.2) is 0 Å². The van der Waals surface area contributed by atoms with Crippen LogP contribution in [-0.4, -0.2) is 23.8 Å². The third-order valence-electron chi connectivity index (χ3n) is 8.24. The largest absolute Gasteiger partial charge is 0.427 e. The van der Waals surface area contributed by atoms with Crippen molar-refractivity contribution in [3.8, 4) is 11.1 Å². The third kappa shape index (κ3) is 5.50. The molecule has 0 saturated carbocycles. The summed E-state index contributed by atoms with van der Waals surface area (Å²) in [5.74, 6) is 0. The van der Waals surface area contributed by atoms with Gasteiger partial charge in [0.25, 0.3) is 0 Å². The first kappa shape index (κ1) is 27.5. The van der Waals surface area contributed by atoms with E-state index in [1.165, 1.54) is 37.3 Å². The average Bonchev–Trinajstić information content (AvgIpc) is 3.37. The van der Waals surface area contributed by atoms with Crippen molar-refractivity contribution in [2.45, 2.75) is 51.7 Å². The molecule has 41 heavy (non-hydrogen) atoms.